The number of hydrogen-bond acceptors (Lipinski definition) is 7. The van der Waals surface area contributed by atoms with Gasteiger partial charge < -0.3 is 16.0 Å². The van der Waals surface area contributed by atoms with E-state index in [1.807, 2.05) is 12.4 Å². The lowest BCUT2D eigenvalue weighted by atomic mass is 9.86. The lowest BCUT2D eigenvalue weighted by Crippen LogP contribution is -2.29. The van der Waals surface area contributed by atoms with Gasteiger partial charge in [0, 0.05) is 50.2 Å². The van der Waals surface area contributed by atoms with E-state index in [1.165, 1.54) is 24.8 Å². The Bertz CT molecular complexity index is 1340. The normalized spacial score (nSPS) is 19.9. The number of anilines is 2. The number of pyridine rings is 1. The van der Waals surface area contributed by atoms with Gasteiger partial charge in [-0.25, -0.2) is 14.6 Å². The molecule has 8 nitrogen and oxygen atoms in total. The number of aromatic nitrogens is 5. The van der Waals surface area contributed by atoms with E-state index >= 15 is 0 Å². The van der Waals surface area contributed by atoms with Crippen molar-refractivity contribution in [3.05, 3.63) is 60.4 Å². The molecule has 39 heavy (non-hydrogen) atoms. The molecule has 0 radical (unpaired) electrons. The summed E-state index contributed by atoms with van der Waals surface area (Å²) in [6, 6.07) is 15.2. The summed E-state index contributed by atoms with van der Waals surface area (Å²) in [6.07, 6.45) is 14.2. The molecule has 0 amide bonds. The van der Waals surface area contributed by atoms with Crippen molar-refractivity contribution in [3.63, 3.8) is 0 Å². The van der Waals surface area contributed by atoms with Gasteiger partial charge in [0.25, 0.3) is 0 Å². The van der Waals surface area contributed by atoms with E-state index in [-0.39, 0.29) is 0 Å². The largest absolute Gasteiger partial charge is 0.357 e. The van der Waals surface area contributed by atoms with E-state index in [0.29, 0.717) is 17.9 Å². The molecule has 0 atom stereocenters. The number of aryl methyl sites for hydroxylation is 1. The van der Waals surface area contributed by atoms with Crippen LogP contribution >= 0.6 is 0 Å². The quantitative estimate of drug-likeness (QED) is 0.281. The Labute approximate surface area is 231 Å². The molecule has 1 aliphatic carbocycles. The molecule has 1 aliphatic heterocycles. The zero-order chi connectivity index (χ0) is 26.4. The predicted molar refractivity (Wildman–Crippen MR) is 158 cm³/mol. The van der Waals surface area contributed by atoms with E-state index < -0.39 is 0 Å². The standard InChI is InChI=1S/C31H40N8/c32-26-14-11-24(12-15-26)22-39-30-27(21-35-31(36-30)33-17-7-10-23-8-3-1-4-9-23)29(37-39)25-13-16-28(34-20-25)38-18-5-2-6-19-38/h1,3-4,8-9,13,16,20-21,24,26H,2,5-7,10-12,14-15,17-19,22,32H2,(H,33,35,36). The van der Waals surface area contributed by atoms with Crippen molar-refractivity contribution in [2.75, 3.05) is 29.9 Å². The predicted octanol–water partition coefficient (Wildman–Crippen LogP) is 5.44. The Kier molecular flexibility index (Phi) is 8.00. The fourth-order valence-corrected chi connectivity index (χ4v) is 5.97. The number of benzene rings is 1. The van der Waals surface area contributed by atoms with E-state index in [0.717, 1.165) is 92.8 Å². The molecule has 0 spiro atoms. The highest BCUT2D eigenvalue weighted by Crippen LogP contribution is 2.31. The summed E-state index contributed by atoms with van der Waals surface area (Å²) in [4.78, 5) is 16.8. The highest BCUT2D eigenvalue weighted by Gasteiger charge is 2.23. The maximum Gasteiger partial charge on any atom is 0.224 e. The van der Waals surface area contributed by atoms with Crippen LogP contribution in [0.1, 0.15) is 56.9 Å². The summed E-state index contributed by atoms with van der Waals surface area (Å²) in [5, 5.41) is 9.51. The van der Waals surface area contributed by atoms with Gasteiger partial charge in [-0.3, -0.25) is 0 Å². The van der Waals surface area contributed by atoms with E-state index in [9.17, 15) is 0 Å². The topological polar surface area (TPSA) is 97.8 Å². The van der Waals surface area contributed by atoms with Crippen molar-refractivity contribution in [2.45, 2.75) is 70.4 Å². The average Bonchev–Trinajstić information content (AvgIpc) is 3.35. The van der Waals surface area contributed by atoms with Gasteiger partial charge in [0.1, 0.15) is 11.5 Å². The smallest absolute Gasteiger partial charge is 0.224 e. The van der Waals surface area contributed by atoms with Crippen molar-refractivity contribution in [3.8, 4) is 11.3 Å². The summed E-state index contributed by atoms with van der Waals surface area (Å²) in [5.74, 6) is 2.28. The van der Waals surface area contributed by atoms with Crippen LogP contribution in [0.5, 0.6) is 0 Å². The first kappa shape index (κ1) is 25.7. The minimum absolute atomic E-state index is 0.338. The summed E-state index contributed by atoms with van der Waals surface area (Å²) >= 11 is 0. The molecular formula is C31H40N8. The van der Waals surface area contributed by atoms with Gasteiger partial charge in [-0.2, -0.15) is 10.1 Å². The van der Waals surface area contributed by atoms with Crippen molar-refractivity contribution in [2.24, 2.45) is 11.7 Å². The average molecular weight is 525 g/mol. The van der Waals surface area contributed by atoms with Gasteiger partial charge in [-0.1, -0.05) is 30.3 Å². The molecule has 6 rings (SSSR count). The van der Waals surface area contributed by atoms with Crippen LogP contribution in [-0.4, -0.2) is 50.4 Å². The third kappa shape index (κ3) is 6.22. The number of nitrogens with zero attached hydrogens (tertiary/aromatic N) is 6. The fourth-order valence-electron chi connectivity index (χ4n) is 5.97. The number of nitrogens with one attached hydrogen (secondary N) is 1. The summed E-state index contributed by atoms with van der Waals surface area (Å²) in [5.41, 5.74) is 10.3. The molecule has 3 aromatic heterocycles. The first-order valence-corrected chi connectivity index (χ1v) is 14.7. The molecule has 4 aromatic rings. The van der Waals surface area contributed by atoms with Crippen LogP contribution in [0.3, 0.4) is 0 Å². The SMILES string of the molecule is NC1CCC(Cn2nc(-c3ccc(N4CCCCC4)nc3)c3cnc(NCCCc4ccccc4)nc32)CC1. The number of rotatable bonds is 9. The summed E-state index contributed by atoms with van der Waals surface area (Å²) < 4.78 is 2.10. The number of nitrogens with two attached hydrogens (primary N) is 1. The van der Waals surface area contributed by atoms with E-state index in [4.69, 9.17) is 20.8 Å². The van der Waals surface area contributed by atoms with Gasteiger partial charge >= 0.3 is 0 Å². The molecule has 8 heteroatoms. The summed E-state index contributed by atoms with van der Waals surface area (Å²) in [7, 11) is 0. The Morgan fingerprint density at radius 2 is 1.72 bits per heavy atom. The molecule has 2 aliphatic rings. The maximum atomic E-state index is 6.18. The third-order valence-corrected chi connectivity index (χ3v) is 8.28. The Morgan fingerprint density at radius 3 is 2.49 bits per heavy atom. The summed E-state index contributed by atoms with van der Waals surface area (Å²) in [6.45, 7) is 3.85. The van der Waals surface area contributed by atoms with Gasteiger partial charge in [-0.05, 0) is 81.4 Å². The zero-order valence-electron chi connectivity index (χ0n) is 22.8. The van der Waals surface area contributed by atoms with E-state index in [1.54, 1.807) is 0 Å². The Balaban J connectivity index is 1.22. The molecule has 0 bridgehead atoms. The lowest BCUT2D eigenvalue weighted by Gasteiger charge is -2.27. The van der Waals surface area contributed by atoms with Crippen LogP contribution in [0, 0.1) is 5.92 Å². The molecule has 204 valence electrons. The van der Waals surface area contributed by atoms with Gasteiger partial charge in [-0.15, -0.1) is 0 Å². The second kappa shape index (κ2) is 12.1. The molecule has 1 saturated carbocycles. The number of fused-ring (bicyclic) bond motifs is 1. The monoisotopic (exact) mass is 524 g/mol. The first-order chi connectivity index (χ1) is 19.2. The second-order valence-corrected chi connectivity index (χ2v) is 11.2. The van der Waals surface area contributed by atoms with Crippen LogP contribution < -0.4 is 16.0 Å². The van der Waals surface area contributed by atoms with Crippen molar-refractivity contribution < 1.29 is 0 Å². The lowest BCUT2D eigenvalue weighted by molar-refractivity contribution is 0.288. The van der Waals surface area contributed by atoms with Crippen LogP contribution in [0.4, 0.5) is 11.8 Å². The van der Waals surface area contributed by atoms with Gasteiger partial charge in [0.05, 0.1) is 5.39 Å². The third-order valence-electron chi connectivity index (χ3n) is 8.28. The molecule has 1 saturated heterocycles. The van der Waals surface area contributed by atoms with Crippen molar-refractivity contribution in [1.29, 1.82) is 0 Å². The Hall–Kier alpha value is -3.52. The molecule has 3 N–H and O–H groups in total. The molecule has 2 fully saturated rings. The number of piperidine rings is 1. The second-order valence-electron chi connectivity index (χ2n) is 11.2. The number of hydrogen-bond donors (Lipinski definition) is 2. The van der Waals surface area contributed by atoms with Gasteiger partial charge in [0.2, 0.25) is 5.95 Å². The minimum Gasteiger partial charge on any atom is -0.357 e. The van der Waals surface area contributed by atoms with Crippen LogP contribution in [0.15, 0.2) is 54.9 Å². The highest BCUT2D eigenvalue weighted by atomic mass is 15.3. The maximum absolute atomic E-state index is 6.18. The minimum atomic E-state index is 0.338. The van der Waals surface area contributed by atoms with Crippen molar-refractivity contribution >= 4 is 22.8 Å². The Morgan fingerprint density at radius 1 is 0.897 bits per heavy atom. The van der Waals surface area contributed by atoms with Gasteiger partial charge in [0.15, 0.2) is 5.65 Å². The van der Waals surface area contributed by atoms with Crippen molar-refractivity contribution in [1.82, 2.24) is 24.7 Å². The molecule has 1 aromatic carbocycles. The first-order valence-electron chi connectivity index (χ1n) is 14.7. The van der Waals surface area contributed by atoms with Crippen LogP contribution in [0.25, 0.3) is 22.3 Å². The van der Waals surface area contributed by atoms with Crippen LogP contribution in [0.2, 0.25) is 0 Å². The zero-order valence-corrected chi connectivity index (χ0v) is 22.8. The molecular weight excluding hydrogens is 484 g/mol. The van der Waals surface area contributed by atoms with Crippen LogP contribution in [-0.2, 0) is 13.0 Å². The van der Waals surface area contributed by atoms with E-state index in [2.05, 4.69) is 62.3 Å². The fraction of sp³-hybridized carbons (Fsp3) is 0.484. The highest BCUT2D eigenvalue weighted by molar-refractivity contribution is 5.91. The molecule has 0 unspecified atom stereocenters. The molecule has 4 heterocycles.